The number of carbonyl (C=O) groups excluding carboxylic acids is 1. The van der Waals surface area contributed by atoms with Crippen molar-refractivity contribution in [2.75, 3.05) is 0 Å². The van der Waals surface area contributed by atoms with Gasteiger partial charge in [0.05, 0.1) is 5.52 Å². The van der Waals surface area contributed by atoms with E-state index in [0.717, 1.165) is 28.4 Å². The number of fused-ring (bicyclic) bond motifs is 3. The zero-order valence-corrected chi connectivity index (χ0v) is 17.8. The molecule has 29 heavy (non-hydrogen) atoms. The number of carbonyl (C=O) groups is 1. The first-order valence-corrected chi connectivity index (χ1v) is 10.2. The molecule has 3 aromatic carbocycles. The summed E-state index contributed by atoms with van der Waals surface area (Å²) in [5.41, 5.74) is 15.0. The minimum Gasteiger partial charge on any atom is -0.366 e. The normalized spacial score (nSPS) is 11.7. The predicted molar refractivity (Wildman–Crippen MR) is 122 cm³/mol. The molecule has 4 aromatic rings. The maximum absolute atomic E-state index is 12.2. The van der Waals surface area contributed by atoms with Crippen LogP contribution in [0.25, 0.3) is 21.8 Å². The van der Waals surface area contributed by atoms with Gasteiger partial charge in [-0.3, -0.25) is 4.79 Å². The van der Waals surface area contributed by atoms with Gasteiger partial charge in [-0.15, -0.1) is 0 Å². The van der Waals surface area contributed by atoms with Crippen molar-refractivity contribution < 1.29 is 4.79 Å². The van der Waals surface area contributed by atoms with Crippen LogP contribution in [0.1, 0.15) is 57.9 Å². The van der Waals surface area contributed by atoms with Crippen LogP contribution >= 0.6 is 0 Å². The smallest absolute Gasteiger partial charge is 0.249 e. The summed E-state index contributed by atoms with van der Waals surface area (Å²) in [7, 11) is 0. The standard InChI is InChI=1S/C26H28N2O/c1-15(2)19-9-10-20-24(13-19)28(14-22-17(4)11-16(3)12-18(22)5)23-8-6-7-21(25(20)23)26(27)29/h6-13,15H,14H2,1-5H3,(H2,27,29). The molecular weight excluding hydrogens is 356 g/mol. The molecule has 1 aromatic heterocycles. The van der Waals surface area contributed by atoms with Crippen LogP contribution in [0.4, 0.5) is 0 Å². The fourth-order valence-corrected chi connectivity index (χ4v) is 4.51. The maximum atomic E-state index is 12.2. The summed E-state index contributed by atoms with van der Waals surface area (Å²) in [4.78, 5) is 12.2. The van der Waals surface area contributed by atoms with E-state index in [9.17, 15) is 4.79 Å². The molecule has 0 radical (unpaired) electrons. The lowest BCUT2D eigenvalue weighted by molar-refractivity contribution is 0.100. The summed E-state index contributed by atoms with van der Waals surface area (Å²) in [6.45, 7) is 11.7. The van der Waals surface area contributed by atoms with Crippen LogP contribution in [0, 0.1) is 20.8 Å². The molecular formula is C26H28N2O. The van der Waals surface area contributed by atoms with Crippen LogP contribution in [0.2, 0.25) is 0 Å². The number of aryl methyl sites for hydroxylation is 3. The van der Waals surface area contributed by atoms with E-state index in [-0.39, 0.29) is 5.91 Å². The molecule has 0 atom stereocenters. The third kappa shape index (κ3) is 3.21. The van der Waals surface area contributed by atoms with Gasteiger partial charge in [-0.25, -0.2) is 0 Å². The van der Waals surface area contributed by atoms with Crippen molar-refractivity contribution in [3.8, 4) is 0 Å². The zero-order chi connectivity index (χ0) is 20.9. The van der Waals surface area contributed by atoms with E-state index >= 15 is 0 Å². The van der Waals surface area contributed by atoms with Crippen LogP contribution in [0.5, 0.6) is 0 Å². The average Bonchev–Trinajstić information content (AvgIpc) is 2.97. The number of hydrogen-bond acceptors (Lipinski definition) is 1. The van der Waals surface area contributed by atoms with Crippen molar-refractivity contribution in [1.29, 1.82) is 0 Å². The summed E-state index contributed by atoms with van der Waals surface area (Å²) in [6.07, 6.45) is 0. The molecule has 0 spiro atoms. The van der Waals surface area contributed by atoms with Gasteiger partial charge in [0.2, 0.25) is 5.91 Å². The Morgan fingerprint density at radius 3 is 2.28 bits per heavy atom. The van der Waals surface area contributed by atoms with Crippen LogP contribution in [-0.2, 0) is 6.54 Å². The molecule has 3 nitrogen and oxygen atoms in total. The summed E-state index contributed by atoms with van der Waals surface area (Å²) < 4.78 is 2.34. The van der Waals surface area contributed by atoms with Gasteiger partial charge in [0.15, 0.2) is 0 Å². The van der Waals surface area contributed by atoms with Gasteiger partial charge in [0.25, 0.3) is 0 Å². The Labute approximate surface area is 172 Å². The Morgan fingerprint density at radius 2 is 1.66 bits per heavy atom. The third-order valence-electron chi connectivity index (χ3n) is 6.00. The molecule has 0 saturated heterocycles. The predicted octanol–water partition coefficient (Wildman–Crippen LogP) is 5.99. The van der Waals surface area contributed by atoms with Crippen molar-refractivity contribution >= 4 is 27.7 Å². The number of nitrogens with two attached hydrogens (primary N) is 1. The first kappa shape index (κ1) is 19.3. The van der Waals surface area contributed by atoms with Gasteiger partial charge < -0.3 is 10.3 Å². The minimum absolute atomic E-state index is 0.384. The van der Waals surface area contributed by atoms with Crippen LogP contribution < -0.4 is 5.73 Å². The molecule has 1 amide bonds. The lowest BCUT2D eigenvalue weighted by Crippen LogP contribution is -2.11. The van der Waals surface area contributed by atoms with E-state index in [1.54, 1.807) is 0 Å². The molecule has 1 heterocycles. The second-order valence-electron chi connectivity index (χ2n) is 8.46. The van der Waals surface area contributed by atoms with Crippen molar-refractivity contribution in [3.63, 3.8) is 0 Å². The van der Waals surface area contributed by atoms with Gasteiger partial charge in [0, 0.05) is 28.4 Å². The molecule has 0 aliphatic carbocycles. The molecule has 0 aliphatic rings. The number of nitrogens with zero attached hydrogens (tertiary/aromatic N) is 1. The SMILES string of the molecule is Cc1cc(C)c(Cn2c3cc(C(C)C)ccc3c3c(C(N)=O)cccc32)c(C)c1. The molecule has 0 unspecified atom stereocenters. The Bertz CT molecular complexity index is 1240. The van der Waals surface area contributed by atoms with Crippen molar-refractivity contribution in [2.45, 2.75) is 47.1 Å². The van der Waals surface area contributed by atoms with E-state index in [0.29, 0.717) is 11.5 Å². The lowest BCUT2D eigenvalue weighted by atomic mass is 9.99. The van der Waals surface area contributed by atoms with E-state index in [1.807, 2.05) is 12.1 Å². The largest absolute Gasteiger partial charge is 0.366 e. The number of aromatic nitrogens is 1. The summed E-state index contributed by atoms with van der Waals surface area (Å²) in [6, 6.07) is 16.9. The molecule has 0 bridgehead atoms. The highest BCUT2D eigenvalue weighted by molar-refractivity contribution is 6.18. The molecule has 0 fully saturated rings. The maximum Gasteiger partial charge on any atom is 0.249 e. The first-order valence-electron chi connectivity index (χ1n) is 10.2. The van der Waals surface area contributed by atoms with Gasteiger partial charge in [-0.1, -0.05) is 49.7 Å². The summed E-state index contributed by atoms with van der Waals surface area (Å²) in [5, 5.41) is 2.04. The summed E-state index contributed by atoms with van der Waals surface area (Å²) in [5.74, 6) is 0.0506. The van der Waals surface area contributed by atoms with Crippen molar-refractivity contribution in [3.05, 3.63) is 81.9 Å². The van der Waals surface area contributed by atoms with Crippen LogP contribution in [0.15, 0.2) is 48.5 Å². The van der Waals surface area contributed by atoms with E-state index < -0.39 is 0 Å². The van der Waals surface area contributed by atoms with Gasteiger partial charge in [0.1, 0.15) is 0 Å². The fourth-order valence-electron chi connectivity index (χ4n) is 4.51. The molecule has 3 heteroatoms. The van der Waals surface area contributed by atoms with Crippen LogP contribution in [-0.4, -0.2) is 10.5 Å². The molecule has 4 rings (SSSR count). The Kier molecular flexibility index (Phi) is 4.70. The topological polar surface area (TPSA) is 48.0 Å². The van der Waals surface area contributed by atoms with Crippen molar-refractivity contribution in [2.24, 2.45) is 5.73 Å². The Morgan fingerprint density at radius 1 is 0.966 bits per heavy atom. The quantitative estimate of drug-likeness (QED) is 0.461. The van der Waals surface area contributed by atoms with E-state index in [1.165, 1.54) is 27.8 Å². The van der Waals surface area contributed by atoms with Crippen molar-refractivity contribution in [1.82, 2.24) is 4.57 Å². The lowest BCUT2D eigenvalue weighted by Gasteiger charge is -2.15. The minimum atomic E-state index is -0.384. The number of benzene rings is 3. The Balaban J connectivity index is 2.07. The summed E-state index contributed by atoms with van der Waals surface area (Å²) >= 11 is 0. The Hall–Kier alpha value is -3.07. The van der Waals surface area contributed by atoms with Gasteiger partial charge in [-0.2, -0.15) is 0 Å². The molecule has 148 valence electrons. The van der Waals surface area contributed by atoms with Gasteiger partial charge >= 0.3 is 0 Å². The van der Waals surface area contributed by atoms with Gasteiger partial charge in [-0.05, 0) is 67.1 Å². The zero-order valence-electron chi connectivity index (χ0n) is 17.8. The first-order chi connectivity index (χ1) is 13.8. The third-order valence-corrected chi connectivity index (χ3v) is 6.00. The number of primary amides is 1. The number of amides is 1. The number of rotatable bonds is 4. The highest BCUT2D eigenvalue weighted by Crippen LogP contribution is 2.34. The molecule has 0 saturated carbocycles. The van der Waals surface area contributed by atoms with Crippen LogP contribution in [0.3, 0.4) is 0 Å². The number of hydrogen-bond donors (Lipinski definition) is 1. The fraction of sp³-hybridized carbons (Fsp3) is 0.269. The second-order valence-corrected chi connectivity index (χ2v) is 8.46. The highest BCUT2D eigenvalue weighted by atomic mass is 16.1. The van der Waals surface area contributed by atoms with E-state index in [2.05, 4.69) is 75.6 Å². The highest BCUT2D eigenvalue weighted by Gasteiger charge is 2.18. The van der Waals surface area contributed by atoms with E-state index in [4.69, 9.17) is 5.73 Å². The average molecular weight is 385 g/mol. The molecule has 0 aliphatic heterocycles. The molecule has 2 N–H and O–H groups in total. The second kappa shape index (κ2) is 7.07. The monoisotopic (exact) mass is 384 g/mol.